The standard InChI is InChI=1S/C18H18F3N3O3/c1-11(23-14-5-3-4-12(10-14)17(26)22-2)16(25)24-13-6-8-15(9-7-13)27-18(19,20)21/h3-11,23H,1-2H3,(H,22,26)(H,24,25). The number of amides is 2. The normalized spacial score (nSPS) is 12.0. The van der Waals surface area contributed by atoms with E-state index >= 15 is 0 Å². The Hall–Kier alpha value is -3.23. The number of anilines is 2. The van der Waals surface area contributed by atoms with E-state index in [0.717, 1.165) is 12.1 Å². The summed E-state index contributed by atoms with van der Waals surface area (Å²) in [6.45, 7) is 1.61. The summed E-state index contributed by atoms with van der Waals surface area (Å²) < 4.78 is 40.2. The minimum atomic E-state index is -4.77. The van der Waals surface area contributed by atoms with E-state index < -0.39 is 18.3 Å². The van der Waals surface area contributed by atoms with Gasteiger partial charge in [-0.2, -0.15) is 0 Å². The molecule has 3 N–H and O–H groups in total. The zero-order valence-electron chi connectivity index (χ0n) is 14.6. The van der Waals surface area contributed by atoms with E-state index in [-0.39, 0.29) is 11.7 Å². The molecule has 0 saturated heterocycles. The molecule has 0 radical (unpaired) electrons. The molecule has 0 aliphatic carbocycles. The molecule has 0 heterocycles. The van der Waals surface area contributed by atoms with Crippen molar-refractivity contribution in [3.63, 3.8) is 0 Å². The van der Waals surface area contributed by atoms with Gasteiger partial charge in [-0.3, -0.25) is 9.59 Å². The van der Waals surface area contributed by atoms with Crippen molar-refractivity contribution in [2.75, 3.05) is 17.7 Å². The Morgan fingerprint density at radius 3 is 2.30 bits per heavy atom. The average molecular weight is 381 g/mol. The molecule has 2 aromatic rings. The Balaban J connectivity index is 1.96. The third-order valence-electron chi connectivity index (χ3n) is 3.48. The molecule has 0 aromatic heterocycles. The molecule has 0 aliphatic rings. The fraction of sp³-hybridized carbons (Fsp3) is 0.222. The van der Waals surface area contributed by atoms with Crippen LogP contribution in [0.15, 0.2) is 48.5 Å². The minimum Gasteiger partial charge on any atom is -0.406 e. The van der Waals surface area contributed by atoms with Crippen LogP contribution in [0.4, 0.5) is 24.5 Å². The maximum absolute atomic E-state index is 12.2. The van der Waals surface area contributed by atoms with Gasteiger partial charge in [-0.05, 0) is 49.4 Å². The molecule has 0 saturated carbocycles. The SMILES string of the molecule is CNC(=O)c1cccc(NC(C)C(=O)Nc2ccc(OC(F)(F)F)cc2)c1. The number of alkyl halides is 3. The number of rotatable bonds is 6. The van der Waals surface area contributed by atoms with Crippen LogP contribution in [0.5, 0.6) is 5.75 Å². The van der Waals surface area contributed by atoms with Crippen LogP contribution in [-0.2, 0) is 4.79 Å². The highest BCUT2D eigenvalue weighted by atomic mass is 19.4. The van der Waals surface area contributed by atoms with Gasteiger partial charge in [0.2, 0.25) is 5.91 Å². The summed E-state index contributed by atoms with van der Waals surface area (Å²) in [7, 11) is 1.52. The summed E-state index contributed by atoms with van der Waals surface area (Å²) in [6, 6.07) is 10.8. The zero-order chi connectivity index (χ0) is 20.0. The second-order valence-electron chi connectivity index (χ2n) is 5.59. The third kappa shape index (κ3) is 6.21. The molecule has 0 fully saturated rings. The van der Waals surface area contributed by atoms with E-state index in [4.69, 9.17) is 0 Å². The first-order valence-corrected chi connectivity index (χ1v) is 7.93. The number of ether oxygens (including phenoxy) is 1. The number of hydrogen-bond acceptors (Lipinski definition) is 4. The van der Waals surface area contributed by atoms with Crippen molar-refractivity contribution in [3.05, 3.63) is 54.1 Å². The van der Waals surface area contributed by atoms with Gasteiger partial charge in [-0.25, -0.2) is 0 Å². The maximum Gasteiger partial charge on any atom is 0.573 e. The van der Waals surface area contributed by atoms with Crippen molar-refractivity contribution in [1.82, 2.24) is 5.32 Å². The lowest BCUT2D eigenvalue weighted by molar-refractivity contribution is -0.274. The molecule has 0 spiro atoms. The molecule has 6 nitrogen and oxygen atoms in total. The summed E-state index contributed by atoms with van der Waals surface area (Å²) in [6.07, 6.45) is -4.77. The Morgan fingerprint density at radius 2 is 1.70 bits per heavy atom. The summed E-state index contributed by atoms with van der Waals surface area (Å²) in [5.74, 6) is -1.03. The first-order chi connectivity index (χ1) is 12.7. The van der Waals surface area contributed by atoms with Gasteiger partial charge in [-0.15, -0.1) is 13.2 Å². The van der Waals surface area contributed by atoms with Gasteiger partial charge in [0.05, 0.1) is 0 Å². The van der Waals surface area contributed by atoms with E-state index in [1.807, 2.05) is 0 Å². The van der Waals surface area contributed by atoms with E-state index in [1.165, 1.54) is 19.2 Å². The van der Waals surface area contributed by atoms with Gasteiger partial charge in [-0.1, -0.05) is 6.07 Å². The first kappa shape index (κ1) is 20.1. The lowest BCUT2D eigenvalue weighted by Gasteiger charge is -2.16. The molecule has 2 rings (SSSR count). The predicted molar refractivity (Wildman–Crippen MR) is 94.7 cm³/mol. The third-order valence-corrected chi connectivity index (χ3v) is 3.48. The average Bonchev–Trinajstić information content (AvgIpc) is 2.61. The van der Waals surface area contributed by atoms with Crippen LogP contribution >= 0.6 is 0 Å². The van der Waals surface area contributed by atoms with Crippen molar-refractivity contribution in [3.8, 4) is 5.75 Å². The van der Waals surface area contributed by atoms with Crippen molar-refractivity contribution >= 4 is 23.2 Å². The van der Waals surface area contributed by atoms with Crippen LogP contribution in [0.1, 0.15) is 17.3 Å². The predicted octanol–water partition coefficient (Wildman–Crippen LogP) is 3.38. The molecule has 0 aliphatic heterocycles. The van der Waals surface area contributed by atoms with Gasteiger partial charge in [0.25, 0.3) is 5.91 Å². The van der Waals surface area contributed by atoms with Gasteiger partial charge in [0, 0.05) is 24.0 Å². The topological polar surface area (TPSA) is 79.5 Å². The lowest BCUT2D eigenvalue weighted by Crippen LogP contribution is -2.32. The summed E-state index contributed by atoms with van der Waals surface area (Å²) >= 11 is 0. The van der Waals surface area contributed by atoms with Gasteiger partial charge in [0.15, 0.2) is 0 Å². The lowest BCUT2D eigenvalue weighted by atomic mass is 10.1. The number of carbonyl (C=O) groups excluding carboxylic acids is 2. The Labute approximate surface area is 153 Å². The quantitative estimate of drug-likeness (QED) is 0.717. The van der Waals surface area contributed by atoms with E-state index in [2.05, 4.69) is 20.7 Å². The highest BCUT2D eigenvalue weighted by Crippen LogP contribution is 2.24. The summed E-state index contributed by atoms with van der Waals surface area (Å²) in [5, 5.41) is 8.05. The van der Waals surface area contributed by atoms with Crippen LogP contribution < -0.4 is 20.7 Å². The molecule has 144 valence electrons. The number of benzene rings is 2. The van der Waals surface area contributed by atoms with Crippen LogP contribution in [0, 0.1) is 0 Å². The second kappa shape index (κ2) is 8.43. The van der Waals surface area contributed by atoms with Crippen molar-refractivity contribution in [2.45, 2.75) is 19.3 Å². The highest BCUT2D eigenvalue weighted by Gasteiger charge is 2.31. The van der Waals surface area contributed by atoms with Gasteiger partial charge < -0.3 is 20.7 Å². The molecular formula is C18H18F3N3O3. The molecule has 27 heavy (non-hydrogen) atoms. The van der Waals surface area contributed by atoms with Crippen LogP contribution in [0.25, 0.3) is 0 Å². The van der Waals surface area contributed by atoms with Crippen LogP contribution in [0.3, 0.4) is 0 Å². The molecule has 0 bridgehead atoms. The molecule has 1 unspecified atom stereocenters. The molecule has 9 heteroatoms. The van der Waals surface area contributed by atoms with E-state index in [9.17, 15) is 22.8 Å². The second-order valence-corrected chi connectivity index (χ2v) is 5.59. The summed E-state index contributed by atoms with van der Waals surface area (Å²) in [5.41, 5.74) is 1.34. The fourth-order valence-electron chi connectivity index (χ4n) is 2.20. The first-order valence-electron chi connectivity index (χ1n) is 7.93. The van der Waals surface area contributed by atoms with Gasteiger partial charge >= 0.3 is 6.36 Å². The number of carbonyl (C=O) groups is 2. The highest BCUT2D eigenvalue weighted by molar-refractivity contribution is 5.97. The van der Waals surface area contributed by atoms with Crippen molar-refractivity contribution in [2.24, 2.45) is 0 Å². The number of halogens is 3. The van der Waals surface area contributed by atoms with Crippen LogP contribution in [-0.4, -0.2) is 31.3 Å². The van der Waals surface area contributed by atoms with Crippen molar-refractivity contribution < 1.29 is 27.5 Å². The van der Waals surface area contributed by atoms with E-state index in [1.54, 1.807) is 31.2 Å². The Bertz CT molecular complexity index is 807. The zero-order valence-corrected chi connectivity index (χ0v) is 14.6. The monoisotopic (exact) mass is 381 g/mol. The maximum atomic E-state index is 12.2. The van der Waals surface area contributed by atoms with Gasteiger partial charge in [0.1, 0.15) is 11.8 Å². The fourth-order valence-corrected chi connectivity index (χ4v) is 2.20. The van der Waals surface area contributed by atoms with Crippen molar-refractivity contribution in [1.29, 1.82) is 0 Å². The Morgan fingerprint density at radius 1 is 1.04 bits per heavy atom. The smallest absolute Gasteiger partial charge is 0.406 e. The number of nitrogens with one attached hydrogen (secondary N) is 3. The molecule has 2 aromatic carbocycles. The number of hydrogen-bond donors (Lipinski definition) is 3. The summed E-state index contributed by atoms with van der Waals surface area (Å²) in [4.78, 5) is 23.9. The van der Waals surface area contributed by atoms with E-state index in [0.29, 0.717) is 16.9 Å². The minimum absolute atomic E-state index is 0.253. The van der Waals surface area contributed by atoms with Crippen LogP contribution in [0.2, 0.25) is 0 Å². The Kier molecular flexibility index (Phi) is 6.27. The molecule has 2 amide bonds. The molecular weight excluding hydrogens is 363 g/mol. The molecule has 1 atom stereocenters. The largest absolute Gasteiger partial charge is 0.573 e.